The van der Waals surface area contributed by atoms with E-state index in [2.05, 4.69) is 15.9 Å². The molecule has 8 heteroatoms. The number of aliphatic hydroxyl groups is 1. The van der Waals surface area contributed by atoms with Gasteiger partial charge in [-0.3, -0.25) is 14.5 Å². The molecule has 0 radical (unpaired) electrons. The van der Waals surface area contributed by atoms with Crippen molar-refractivity contribution in [1.29, 1.82) is 0 Å². The number of aryl methyl sites for hydroxylation is 1. The average molecular weight is 536 g/mol. The van der Waals surface area contributed by atoms with Crippen LogP contribution in [0.1, 0.15) is 40.0 Å². The van der Waals surface area contributed by atoms with Gasteiger partial charge in [0.1, 0.15) is 11.5 Å². The Morgan fingerprint density at radius 3 is 2.46 bits per heavy atom. The zero-order valence-corrected chi connectivity index (χ0v) is 20.6. The summed E-state index contributed by atoms with van der Waals surface area (Å²) >= 11 is 3.42. The number of benzene rings is 3. The molecule has 2 N–H and O–H groups in total. The highest BCUT2D eigenvalue weighted by Crippen LogP contribution is 2.43. The normalized spacial score (nSPS) is 17.0. The van der Waals surface area contributed by atoms with Gasteiger partial charge in [0.2, 0.25) is 0 Å². The van der Waals surface area contributed by atoms with Crippen molar-refractivity contribution >= 4 is 45.0 Å². The van der Waals surface area contributed by atoms with Gasteiger partial charge >= 0.3 is 5.97 Å². The van der Waals surface area contributed by atoms with Crippen LogP contribution in [0.2, 0.25) is 0 Å². The number of hydrogen-bond acceptors (Lipinski definition) is 6. The van der Waals surface area contributed by atoms with Gasteiger partial charge in [0, 0.05) is 15.7 Å². The molecule has 4 rings (SSSR count). The Balaban J connectivity index is 1.93. The van der Waals surface area contributed by atoms with Crippen molar-refractivity contribution in [3.05, 3.63) is 99.0 Å². The highest BCUT2D eigenvalue weighted by molar-refractivity contribution is 9.10. The summed E-state index contributed by atoms with van der Waals surface area (Å²) in [5.41, 5.74) is 1.99. The summed E-state index contributed by atoms with van der Waals surface area (Å²) < 4.78 is 5.89. The summed E-state index contributed by atoms with van der Waals surface area (Å²) in [6.45, 7) is 3.71. The monoisotopic (exact) mass is 535 g/mol. The summed E-state index contributed by atoms with van der Waals surface area (Å²) in [4.78, 5) is 40.1. The van der Waals surface area contributed by atoms with Crippen molar-refractivity contribution in [2.75, 3.05) is 11.5 Å². The smallest absolute Gasteiger partial charge is 0.338 e. The number of nitrogens with zero attached hydrogens (tertiary/aromatic N) is 1. The van der Waals surface area contributed by atoms with Gasteiger partial charge in [-0.2, -0.15) is 0 Å². The second-order valence-corrected chi connectivity index (χ2v) is 8.85. The summed E-state index contributed by atoms with van der Waals surface area (Å²) in [6.07, 6.45) is 0. The first kappa shape index (κ1) is 24.2. The minimum absolute atomic E-state index is 0.0622. The van der Waals surface area contributed by atoms with Crippen molar-refractivity contribution in [1.82, 2.24) is 0 Å². The van der Waals surface area contributed by atoms with E-state index >= 15 is 0 Å². The minimum atomic E-state index is -1.04. The van der Waals surface area contributed by atoms with Crippen molar-refractivity contribution < 1.29 is 29.3 Å². The predicted molar refractivity (Wildman–Crippen MR) is 134 cm³/mol. The molecule has 0 aromatic heterocycles. The largest absolute Gasteiger partial charge is 0.508 e. The number of ketones is 1. The summed E-state index contributed by atoms with van der Waals surface area (Å²) in [6, 6.07) is 16.4. The molecule has 0 aliphatic carbocycles. The van der Waals surface area contributed by atoms with Gasteiger partial charge in [0.05, 0.1) is 23.8 Å². The number of hydrogen-bond donors (Lipinski definition) is 2. The Kier molecular flexibility index (Phi) is 6.75. The van der Waals surface area contributed by atoms with Crippen LogP contribution >= 0.6 is 15.9 Å². The fourth-order valence-electron chi connectivity index (χ4n) is 4.05. The molecule has 0 bridgehead atoms. The van der Waals surface area contributed by atoms with Crippen molar-refractivity contribution in [2.24, 2.45) is 0 Å². The molecule has 35 heavy (non-hydrogen) atoms. The molecule has 1 heterocycles. The number of aromatic hydroxyl groups is 1. The van der Waals surface area contributed by atoms with E-state index in [4.69, 9.17) is 4.74 Å². The van der Waals surface area contributed by atoms with Crippen molar-refractivity contribution in [2.45, 2.75) is 19.9 Å². The van der Waals surface area contributed by atoms with Crippen LogP contribution in [0.15, 0.2) is 76.8 Å². The van der Waals surface area contributed by atoms with Crippen molar-refractivity contribution in [3.8, 4) is 5.75 Å². The molecule has 1 aliphatic heterocycles. The summed E-state index contributed by atoms with van der Waals surface area (Å²) in [5.74, 6) is -2.71. The molecule has 1 unspecified atom stereocenters. The fourth-order valence-corrected chi connectivity index (χ4v) is 4.30. The average Bonchev–Trinajstić information content (AvgIpc) is 3.11. The molecular formula is C27H22BrNO6. The maximum absolute atomic E-state index is 13.3. The maximum Gasteiger partial charge on any atom is 0.338 e. The van der Waals surface area contributed by atoms with Crippen LogP contribution in [0.3, 0.4) is 0 Å². The van der Waals surface area contributed by atoms with Crippen LogP contribution in [0.5, 0.6) is 5.75 Å². The van der Waals surface area contributed by atoms with E-state index < -0.39 is 23.7 Å². The number of anilines is 1. The number of aliphatic hydroxyl groups excluding tert-OH is 1. The Bertz CT molecular complexity index is 1380. The van der Waals surface area contributed by atoms with E-state index in [1.54, 1.807) is 55.5 Å². The Labute approximate surface area is 210 Å². The molecule has 3 aromatic carbocycles. The molecule has 0 saturated carbocycles. The van der Waals surface area contributed by atoms with Gasteiger partial charge in [-0.05, 0) is 67.4 Å². The maximum atomic E-state index is 13.3. The van der Waals surface area contributed by atoms with Gasteiger partial charge in [-0.15, -0.1) is 0 Å². The molecule has 7 nitrogen and oxygen atoms in total. The number of ether oxygens (including phenoxy) is 1. The second kappa shape index (κ2) is 9.76. The Morgan fingerprint density at radius 2 is 1.77 bits per heavy atom. The number of esters is 1. The molecule has 3 aromatic rings. The third-order valence-electron chi connectivity index (χ3n) is 5.70. The number of carbonyl (C=O) groups is 3. The molecule has 1 saturated heterocycles. The molecule has 1 atom stereocenters. The predicted octanol–water partition coefficient (Wildman–Crippen LogP) is 5.27. The van der Waals surface area contributed by atoms with Gasteiger partial charge in [-0.1, -0.05) is 40.2 Å². The number of amides is 1. The van der Waals surface area contributed by atoms with Crippen LogP contribution in [0.25, 0.3) is 5.76 Å². The minimum Gasteiger partial charge on any atom is -0.508 e. The van der Waals surface area contributed by atoms with Gasteiger partial charge < -0.3 is 14.9 Å². The van der Waals surface area contributed by atoms with Crippen LogP contribution < -0.4 is 4.90 Å². The van der Waals surface area contributed by atoms with Crippen LogP contribution in [-0.4, -0.2) is 34.5 Å². The molecule has 0 spiro atoms. The second-order valence-electron chi connectivity index (χ2n) is 8.00. The zero-order chi connectivity index (χ0) is 25.3. The van der Waals surface area contributed by atoms with Crippen molar-refractivity contribution in [3.63, 3.8) is 0 Å². The molecule has 1 fully saturated rings. The first-order chi connectivity index (χ1) is 16.7. The lowest BCUT2D eigenvalue weighted by molar-refractivity contribution is -0.132. The summed E-state index contributed by atoms with van der Waals surface area (Å²) in [5, 5.41) is 21.3. The molecular weight excluding hydrogens is 514 g/mol. The quantitative estimate of drug-likeness (QED) is 0.199. The zero-order valence-electron chi connectivity index (χ0n) is 19.0. The number of phenolic OH excluding ortho intramolecular Hbond substituents is 1. The molecule has 1 aliphatic rings. The third kappa shape index (κ3) is 4.57. The number of carbonyl (C=O) groups excluding carboxylic acids is 3. The fraction of sp³-hybridized carbons (Fsp3) is 0.148. The number of phenols is 1. The third-order valence-corrected chi connectivity index (χ3v) is 6.59. The van der Waals surface area contributed by atoms with E-state index in [0.29, 0.717) is 11.1 Å². The number of halogens is 1. The lowest BCUT2D eigenvalue weighted by Gasteiger charge is -2.26. The Hall–Kier alpha value is -3.91. The Morgan fingerprint density at radius 1 is 1.03 bits per heavy atom. The number of Topliss-reactive ketones (excluding diaryl/α,β-unsaturated/α-hetero) is 1. The van der Waals surface area contributed by atoms with E-state index in [-0.39, 0.29) is 34.9 Å². The first-order valence-corrected chi connectivity index (χ1v) is 11.7. The molecule has 1 amide bonds. The molecule has 178 valence electrons. The SMILES string of the molecule is CCOC(=O)c1cccc(N2C(=O)C(=O)/C(=C(/O)c3ccc(Br)c(C)c3)C2c2cccc(O)c2)c1. The van der Waals surface area contributed by atoms with E-state index in [9.17, 15) is 24.6 Å². The standard InChI is InChI=1S/C27H22BrNO6/c1-3-35-27(34)18-7-4-8-19(13-18)29-23(16-6-5-9-20(30)14-16)22(25(32)26(29)33)24(31)17-10-11-21(28)15(2)12-17/h4-14,23,30-31H,3H2,1-2H3/b24-22+. The van der Waals surface area contributed by atoms with Gasteiger partial charge in [0.15, 0.2) is 0 Å². The summed E-state index contributed by atoms with van der Waals surface area (Å²) in [7, 11) is 0. The lowest BCUT2D eigenvalue weighted by Crippen LogP contribution is -2.29. The van der Waals surface area contributed by atoms with Crippen LogP contribution in [0, 0.1) is 6.92 Å². The van der Waals surface area contributed by atoms with E-state index in [1.807, 2.05) is 6.92 Å². The number of rotatable bonds is 5. The highest BCUT2D eigenvalue weighted by atomic mass is 79.9. The van der Waals surface area contributed by atoms with Gasteiger partial charge in [-0.25, -0.2) is 4.79 Å². The highest BCUT2D eigenvalue weighted by Gasteiger charge is 2.47. The van der Waals surface area contributed by atoms with Crippen LogP contribution in [0.4, 0.5) is 5.69 Å². The van der Waals surface area contributed by atoms with Gasteiger partial charge in [0.25, 0.3) is 11.7 Å². The van der Waals surface area contributed by atoms with Crippen LogP contribution in [-0.2, 0) is 14.3 Å². The topological polar surface area (TPSA) is 104 Å². The lowest BCUT2D eigenvalue weighted by atomic mass is 9.94. The van der Waals surface area contributed by atoms with E-state index in [0.717, 1.165) is 10.0 Å². The first-order valence-electron chi connectivity index (χ1n) is 10.9. The van der Waals surface area contributed by atoms with E-state index in [1.165, 1.54) is 23.1 Å².